The van der Waals surface area contributed by atoms with Crippen LogP contribution in [0, 0.1) is 11.8 Å². The molecule has 2 aliphatic carbocycles. The molecule has 2 aromatic rings. The first kappa shape index (κ1) is 14.5. The number of carbonyl (C=O) groups excluding carboxylic acids is 1. The van der Waals surface area contributed by atoms with E-state index in [9.17, 15) is 4.79 Å². The summed E-state index contributed by atoms with van der Waals surface area (Å²) in [6.45, 7) is 1.43. The van der Waals surface area contributed by atoms with Gasteiger partial charge in [0.05, 0.1) is 11.6 Å². The Kier molecular flexibility index (Phi) is 3.23. The largest absolute Gasteiger partial charge is 0.339 e. The molecule has 1 aliphatic heterocycles. The number of fused-ring (bicyclic) bond motifs is 1. The quantitative estimate of drug-likeness (QED) is 0.843. The number of likely N-dealkylation sites (tertiary alicyclic amines) is 1. The monoisotopic (exact) mass is 345 g/mol. The minimum absolute atomic E-state index is 0.0245. The molecular formula is C16H19N5O2S. The highest BCUT2D eigenvalue weighted by atomic mass is 32.1. The Labute approximate surface area is 143 Å². The molecule has 3 fully saturated rings. The fraction of sp³-hybridized carbons (Fsp3) is 0.688. The molecule has 5 rings (SSSR count). The van der Waals surface area contributed by atoms with E-state index in [0.29, 0.717) is 17.3 Å². The van der Waals surface area contributed by atoms with Gasteiger partial charge in [-0.2, -0.15) is 4.98 Å². The Morgan fingerprint density at radius 3 is 3.12 bits per heavy atom. The third-order valence-corrected chi connectivity index (χ3v) is 6.44. The van der Waals surface area contributed by atoms with Gasteiger partial charge in [0.15, 0.2) is 5.82 Å². The second-order valence-electron chi connectivity index (χ2n) is 7.38. The van der Waals surface area contributed by atoms with E-state index in [-0.39, 0.29) is 11.3 Å². The standard InChI is InChI=1S/C16H19N5O2S/c22-14(12-7-17-20-24-12)21-8-11-2-1-5-16(11,9-21)15-18-13(19-23-15)6-10-3-4-10/h7,10-11H,1-6,8-9H2/t11-,16-/m1/s1. The first-order valence-corrected chi connectivity index (χ1v) is 9.42. The van der Waals surface area contributed by atoms with Crippen LogP contribution in [0.2, 0.25) is 0 Å². The minimum Gasteiger partial charge on any atom is -0.339 e. The topological polar surface area (TPSA) is 85.0 Å². The van der Waals surface area contributed by atoms with Crippen molar-refractivity contribution in [1.29, 1.82) is 0 Å². The average molecular weight is 345 g/mol. The Bertz CT molecular complexity index is 756. The maximum absolute atomic E-state index is 12.7. The molecule has 2 aromatic heterocycles. The summed E-state index contributed by atoms with van der Waals surface area (Å²) in [7, 11) is 0. The molecule has 3 heterocycles. The second-order valence-corrected chi connectivity index (χ2v) is 8.16. The minimum atomic E-state index is -0.150. The highest BCUT2D eigenvalue weighted by molar-refractivity contribution is 7.07. The molecular weight excluding hydrogens is 326 g/mol. The van der Waals surface area contributed by atoms with Crippen LogP contribution in [0.25, 0.3) is 0 Å². The number of nitrogens with zero attached hydrogens (tertiary/aromatic N) is 5. The summed E-state index contributed by atoms with van der Waals surface area (Å²) in [5.41, 5.74) is -0.150. The van der Waals surface area contributed by atoms with Crippen molar-refractivity contribution in [1.82, 2.24) is 24.6 Å². The van der Waals surface area contributed by atoms with Crippen molar-refractivity contribution >= 4 is 17.4 Å². The highest BCUT2D eigenvalue weighted by Gasteiger charge is 2.55. The Morgan fingerprint density at radius 2 is 2.33 bits per heavy atom. The zero-order valence-corrected chi connectivity index (χ0v) is 14.2. The number of carbonyl (C=O) groups is 1. The third-order valence-electron chi connectivity index (χ3n) is 5.79. The normalized spacial score (nSPS) is 29.2. The fourth-order valence-corrected chi connectivity index (χ4v) is 4.81. The molecule has 3 aliphatic rings. The first-order chi connectivity index (χ1) is 11.7. The van der Waals surface area contributed by atoms with Gasteiger partial charge in [-0.15, -0.1) is 5.10 Å². The van der Waals surface area contributed by atoms with Crippen LogP contribution in [0.15, 0.2) is 10.7 Å². The van der Waals surface area contributed by atoms with Crippen molar-refractivity contribution in [2.45, 2.75) is 43.9 Å². The van der Waals surface area contributed by atoms with Gasteiger partial charge in [-0.3, -0.25) is 4.79 Å². The van der Waals surface area contributed by atoms with E-state index in [2.05, 4.69) is 14.7 Å². The lowest BCUT2D eigenvalue weighted by Crippen LogP contribution is -2.34. The fourth-order valence-electron chi connectivity index (χ4n) is 4.33. The number of amides is 1. The maximum atomic E-state index is 12.7. The Hall–Kier alpha value is -1.83. The molecule has 2 saturated carbocycles. The van der Waals surface area contributed by atoms with E-state index >= 15 is 0 Å². The number of hydrogen-bond acceptors (Lipinski definition) is 7. The van der Waals surface area contributed by atoms with Crippen molar-refractivity contribution in [2.75, 3.05) is 13.1 Å². The van der Waals surface area contributed by atoms with Crippen LogP contribution in [-0.4, -0.2) is 43.6 Å². The molecule has 0 bridgehead atoms. The van der Waals surface area contributed by atoms with Gasteiger partial charge in [-0.05, 0) is 49.1 Å². The lowest BCUT2D eigenvalue weighted by atomic mass is 9.80. The van der Waals surface area contributed by atoms with Crippen LogP contribution in [0.5, 0.6) is 0 Å². The molecule has 0 spiro atoms. The van der Waals surface area contributed by atoms with Gasteiger partial charge in [0.1, 0.15) is 4.88 Å². The second kappa shape index (κ2) is 5.34. The van der Waals surface area contributed by atoms with E-state index in [4.69, 9.17) is 9.51 Å². The summed E-state index contributed by atoms with van der Waals surface area (Å²) in [5.74, 6) is 2.77. The molecule has 0 aromatic carbocycles. The van der Waals surface area contributed by atoms with E-state index in [1.54, 1.807) is 6.20 Å². The molecule has 24 heavy (non-hydrogen) atoms. The summed E-state index contributed by atoms with van der Waals surface area (Å²) in [6.07, 6.45) is 8.34. The first-order valence-electron chi connectivity index (χ1n) is 8.64. The molecule has 0 radical (unpaired) electrons. The van der Waals surface area contributed by atoms with Crippen molar-refractivity contribution in [3.63, 3.8) is 0 Å². The van der Waals surface area contributed by atoms with Gasteiger partial charge in [0.25, 0.3) is 5.91 Å². The summed E-state index contributed by atoms with van der Waals surface area (Å²) in [4.78, 5) is 19.9. The SMILES string of the molecule is O=C(c1cnns1)N1C[C@H]2CCC[C@@]2(c2nc(CC3CC3)no2)C1. The predicted octanol–water partition coefficient (Wildman–Crippen LogP) is 2.07. The molecule has 0 N–H and O–H groups in total. The molecule has 1 amide bonds. The van der Waals surface area contributed by atoms with Gasteiger partial charge >= 0.3 is 0 Å². The van der Waals surface area contributed by atoms with Crippen molar-refractivity contribution in [3.8, 4) is 0 Å². The van der Waals surface area contributed by atoms with Crippen molar-refractivity contribution < 1.29 is 9.32 Å². The lowest BCUT2D eigenvalue weighted by molar-refractivity contribution is 0.0779. The number of aromatic nitrogens is 4. The molecule has 2 atom stereocenters. The van der Waals surface area contributed by atoms with E-state index in [1.807, 2.05) is 4.90 Å². The number of rotatable bonds is 4. The molecule has 126 valence electrons. The zero-order chi connectivity index (χ0) is 16.1. The van der Waals surface area contributed by atoms with Crippen LogP contribution < -0.4 is 0 Å². The Balaban J connectivity index is 1.40. The summed E-state index contributed by atoms with van der Waals surface area (Å²) in [6, 6.07) is 0. The van der Waals surface area contributed by atoms with E-state index in [0.717, 1.165) is 61.4 Å². The predicted molar refractivity (Wildman–Crippen MR) is 85.6 cm³/mol. The van der Waals surface area contributed by atoms with Crippen molar-refractivity contribution in [3.05, 3.63) is 22.8 Å². The third kappa shape index (κ3) is 2.27. The van der Waals surface area contributed by atoms with Crippen LogP contribution in [-0.2, 0) is 11.8 Å². The highest BCUT2D eigenvalue weighted by Crippen LogP contribution is 2.50. The van der Waals surface area contributed by atoms with Crippen LogP contribution in [0.1, 0.15) is 53.5 Å². The molecule has 0 unspecified atom stereocenters. The zero-order valence-electron chi connectivity index (χ0n) is 13.3. The molecule has 1 saturated heterocycles. The summed E-state index contributed by atoms with van der Waals surface area (Å²) < 4.78 is 9.48. The average Bonchev–Trinajstić information content (AvgIpc) is 3.04. The van der Waals surface area contributed by atoms with Crippen LogP contribution in [0.3, 0.4) is 0 Å². The van der Waals surface area contributed by atoms with E-state index < -0.39 is 0 Å². The lowest BCUT2D eigenvalue weighted by Gasteiger charge is -2.23. The summed E-state index contributed by atoms with van der Waals surface area (Å²) >= 11 is 1.15. The number of hydrogen-bond donors (Lipinski definition) is 0. The van der Waals surface area contributed by atoms with E-state index in [1.165, 1.54) is 12.8 Å². The maximum Gasteiger partial charge on any atom is 0.267 e. The van der Waals surface area contributed by atoms with Gasteiger partial charge in [-0.25, -0.2) is 0 Å². The van der Waals surface area contributed by atoms with Crippen LogP contribution in [0.4, 0.5) is 0 Å². The molecule has 7 nitrogen and oxygen atoms in total. The van der Waals surface area contributed by atoms with Gasteiger partial charge in [0, 0.05) is 19.5 Å². The van der Waals surface area contributed by atoms with Gasteiger partial charge in [0.2, 0.25) is 5.89 Å². The smallest absolute Gasteiger partial charge is 0.267 e. The van der Waals surface area contributed by atoms with Crippen molar-refractivity contribution in [2.24, 2.45) is 11.8 Å². The van der Waals surface area contributed by atoms with Gasteiger partial charge in [-0.1, -0.05) is 16.1 Å². The Morgan fingerprint density at radius 1 is 1.42 bits per heavy atom. The van der Waals surface area contributed by atoms with Crippen LogP contribution >= 0.6 is 11.5 Å². The summed E-state index contributed by atoms with van der Waals surface area (Å²) in [5, 5.41) is 7.99. The molecule has 8 heteroatoms. The van der Waals surface area contributed by atoms with Gasteiger partial charge < -0.3 is 9.42 Å².